The van der Waals surface area contributed by atoms with E-state index in [1.807, 2.05) is 103 Å². The molecular formula is C32H20F3N3OS. The molecule has 4 nitrogen and oxygen atoms in total. The van der Waals surface area contributed by atoms with Gasteiger partial charge < -0.3 is 4.18 Å². The quantitative estimate of drug-likeness (QED) is 0.193. The summed E-state index contributed by atoms with van der Waals surface area (Å²) in [4.78, 5) is 14.3. The van der Waals surface area contributed by atoms with Crippen molar-refractivity contribution in [1.29, 1.82) is 0 Å². The topological polar surface area (TPSA) is 47.9 Å². The molecule has 6 rings (SSSR count). The first-order chi connectivity index (χ1) is 19.4. The molecule has 6 aromatic rings. The molecule has 0 saturated carbocycles. The summed E-state index contributed by atoms with van der Waals surface area (Å²) in [5.41, 5.74) is 0.0238. The molecule has 40 heavy (non-hydrogen) atoms. The molecule has 0 N–H and O–H groups in total. The largest absolute Gasteiger partial charge is 0.479 e. The Hall–Kier alpha value is -4.69. The van der Waals surface area contributed by atoms with Gasteiger partial charge in [0.2, 0.25) is 0 Å². The molecular weight excluding hydrogens is 531 g/mol. The van der Waals surface area contributed by atoms with Crippen LogP contribution in [0, 0.1) is 0 Å². The van der Waals surface area contributed by atoms with E-state index in [9.17, 15) is 13.2 Å². The first kappa shape index (κ1) is 25.6. The van der Waals surface area contributed by atoms with Gasteiger partial charge in [0.05, 0.1) is 0 Å². The van der Waals surface area contributed by atoms with Crippen LogP contribution in [0.2, 0.25) is 0 Å². The normalized spacial score (nSPS) is 11.5. The van der Waals surface area contributed by atoms with E-state index < -0.39 is 17.6 Å². The highest BCUT2D eigenvalue weighted by atomic mass is 32.2. The zero-order chi connectivity index (χ0) is 27.5. The number of fused-ring (bicyclic) bond motifs is 1. The van der Waals surface area contributed by atoms with Gasteiger partial charge in [-0.05, 0) is 40.1 Å². The number of alkyl halides is 3. The lowest BCUT2D eigenvalue weighted by atomic mass is 10.00. The summed E-state index contributed by atoms with van der Waals surface area (Å²) in [5.74, 6) is 1.87. The van der Waals surface area contributed by atoms with E-state index in [1.165, 1.54) is 6.07 Å². The monoisotopic (exact) mass is 551 g/mol. The number of halogens is 3. The van der Waals surface area contributed by atoms with Gasteiger partial charge in [0, 0.05) is 16.7 Å². The summed E-state index contributed by atoms with van der Waals surface area (Å²) in [7, 11) is 0. The van der Waals surface area contributed by atoms with E-state index in [0.29, 0.717) is 17.5 Å². The molecule has 0 aliphatic rings. The smallest absolute Gasteiger partial charge is 0.417 e. The number of hydrogen-bond acceptors (Lipinski definition) is 5. The van der Waals surface area contributed by atoms with E-state index in [4.69, 9.17) is 19.1 Å². The van der Waals surface area contributed by atoms with Crippen LogP contribution >= 0.6 is 12.0 Å². The van der Waals surface area contributed by atoms with Gasteiger partial charge in [-0.25, -0.2) is 15.0 Å². The van der Waals surface area contributed by atoms with Crippen LogP contribution in [0.5, 0.6) is 5.75 Å². The first-order valence-corrected chi connectivity index (χ1v) is 13.1. The van der Waals surface area contributed by atoms with Crippen LogP contribution in [0.1, 0.15) is 0 Å². The second kappa shape index (κ2) is 10.8. The molecule has 0 aliphatic carbocycles. The van der Waals surface area contributed by atoms with Crippen LogP contribution < -0.4 is 4.18 Å². The van der Waals surface area contributed by atoms with Crippen LogP contribution in [0.4, 0.5) is 13.2 Å². The van der Waals surface area contributed by atoms with Crippen molar-refractivity contribution in [1.82, 2.24) is 15.0 Å². The molecule has 0 unspecified atom stereocenters. The molecule has 0 fully saturated rings. The number of hydrogen-bond donors (Lipinski definition) is 0. The Morgan fingerprint density at radius 3 is 1.50 bits per heavy atom. The van der Waals surface area contributed by atoms with Gasteiger partial charge in [0.15, 0.2) is 29.5 Å². The molecule has 0 amide bonds. The van der Waals surface area contributed by atoms with Crippen molar-refractivity contribution in [2.24, 2.45) is 0 Å². The SMILES string of the molecule is FC(F)(F)SOc1ccc2ccc(-c3ccc(-c4nc(-c5ccccc5)nc(-c5ccccc5)n4)cc3)cc2c1. The zero-order valence-corrected chi connectivity index (χ0v) is 21.7. The van der Waals surface area contributed by atoms with Gasteiger partial charge in [-0.15, -0.1) is 0 Å². The Labute approximate surface area is 232 Å². The molecule has 0 atom stereocenters. The lowest BCUT2D eigenvalue weighted by Crippen LogP contribution is -2.02. The van der Waals surface area contributed by atoms with Crippen molar-refractivity contribution in [3.8, 4) is 51.0 Å². The maximum Gasteiger partial charge on any atom is 0.479 e. The highest BCUT2D eigenvalue weighted by Crippen LogP contribution is 2.35. The van der Waals surface area contributed by atoms with E-state index in [1.54, 1.807) is 12.1 Å². The summed E-state index contributed by atoms with van der Waals surface area (Å²) < 4.78 is 42.5. The maximum atomic E-state index is 12.5. The van der Waals surface area contributed by atoms with Crippen molar-refractivity contribution in [2.75, 3.05) is 0 Å². The highest BCUT2D eigenvalue weighted by Gasteiger charge is 2.31. The fraction of sp³-hybridized carbons (Fsp3) is 0.0312. The number of benzene rings is 5. The first-order valence-electron chi connectivity index (χ1n) is 12.4. The Morgan fingerprint density at radius 2 is 0.950 bits per heavy atom. The minimum Gasteiger partial charge on any atom is -0.417 e. The van der Waals surface area contributed by atoms with E-state index in [-0.39, 0.29) is 5.75 Å². The molecule has 1 aromatic heterocycles. The van der Waals surface area contributed by atoms with Crippen LogP contribution in [-0.2, 0) is 0 Å². The lowest BCUT2D eigenvalue weighted by Gasteiger charge is -2.10. The van der Waals surface area contributed by atoms with E-state index in [0.717, 1.165) is 38.6 Å². The molecule has 0 saturated heterocycles. The predicted molar refractivity (Wildman–Crippen MR) is 153 cm³/mol. The lowest BCUT2D eigenvalue weighted by molar-refractivity contribution is -0.0369. The molecule has 1 heterocycles. The van der Waals surface area contributed by atoms with Gasteiger partial charge in [-0.1, -0.05) is 103 Å². The highest BCUT2D eigenvalue weighted by molar-refractivity contribution is 7.95. The van der Waals surface area contributed by atoms with Crippen molar-refractivity contribution in [3.63, 3.8) is 0 Å². The molecule has 0 spiro atoms. The third-order valence-electron chi connectivity index (χ3n) is 6.22. The molecule has 0 radical (unpaired) electrons. The Balaban J connectivity index is 1.33. The number of aromatic nitrogens is 3. The van der Waals surface area contributed by atoms with Gasteiger partial charge in [-0.3, -0.25) is 0 Å². The van der Waals surface area contributed by atoms with Gasteiger partial charge in [-0.2, -0.15) is 13.2 Å². The van der Waals surface area contributed by atoms with Crippen LogP contribution in [-0.4, -0.2) is 20.5 Å². The number of nitrogens with zero attached hydrogens (tertiary/aromatic N) is 3. The minimum absolute atomic E-state index is 0.139. The summed E-state index contributed by atoms with van der Waals surface area (Å²) in [6, 6.07) is 38.1. The summed E-state index contributed by atoms with van der Waals surface area (Å²) in [6.45, 7) is 0. The average molecular weight is 552 g/mol. The molecule has 196 valence electrons. The average Bonchev–Trinajstić information content (AvgIpc) is 3.00. The maximum absolute atomic E-state index is 12.5. The summed E-state index contributed by atoms with van der Waals surface area (Å²) in [5, 5.41) is 1.68. The van der Waals surface area contributed by atoms with Crippen molar-refractivity contribution >= 4 is 22.8 Å². The van der Waals surface area contributed by atoms with Gasteiger partial charge in [0.25, 0.3) is 0 Å². The zero-order valence-electron chi connectivity index (χ0n) is 20.8. The Kier molecular flexibility index (Phi) is 6.92. The van der Waals surface area contributed by atoms with Crippen molar-refractivity contribution in [3.05, 3.63) is 121 Å². The van der Waals surface area contributed by atoms with Crippen LogP contribution in [0.15, 0.2) is 121 Å². The Morgan fingerprint density at radius 1 is 0.475 bits per heavy atom. The third kappa shape index (κ3) is 5.82. The van der Waals surface area contributed by atoms with E-state index in [2.05, 4.69) is 0 Å². The fourth-order valence-corrected chi connectivity index (χ4v) is 4.60. The van der Waals surface area contributed by atoms with Crippen LogP contribution in [0.3, 0.4) is 0 Å². The Bertz CT molecular complexity index is 1720. The minimum atomic E-state index is -4.47. The second-order valence-electron chi connectivity index (χ2n) is 8.95. The fourth-order valence-electron chi connectivity index (χ4n) is 4.30. The molecule has 8 heteroatoms. The molecule has 5 aromatic carbocycles. The second-order valence-corrected chi connectivity index (χ2v) is 9.75. The standard InChI is InChI=1S/C32H20F3N3OS/c33-32(34,35)40-39-28-18-17-22-13-16-26(19-27(22)20-28)21-11-14-25(15-12-21)31-37-29(23-7-3-1-4-8-23)36-30(38-31)24-9-5-2-6-10-24/h1-20H. The summed E-state index contributed by atoms with van der Waals surface area (Å²) >= 11 is -0.522. The third-order valence-corrected chi connectivity index (χ3v) is 6.68. The van der Waals surface area contributed by atoms with Crippen molar-refractivity contribution in [2.45, 2.75) is 5.51 Å². The molecule has 0 aliphatic heterocycles. The summed E-state index contributed by atoms with van der Waals surface area (Å²) in [6.07, 6.45) is 0. The number of rotatable bonds is 6. The van der Waals surface area contributed by atoms with E-state index >= 15 is 0 Å². The van der Waals surface area contributed by atoms with Gasteiger partial charge in [0.1, 0.15) is 5.75 Å². The van der Waals surface area contributed by atoms with Crippen LogP contribution in [0.25, 0.3) is 56.1 Å². The van der Waals surface area contributed by atoms with Gasteiger partial charge >= 0.3 is 5.51 Å². The molecule has 0 bridgehead atoms. The van der Waals surface area contributed by atoms with Crippen molar-refractivity contribution < 1.29 is 17.4 Å². The predicted octanol–water partition coefficient (Wildman–Crippen LogP) is 9.24.